The molecule has 2 aromatic carbocycles. The van der Waals surface area contributed by atoms with Gasteiger partial charge in [-0.2, -0.15) is 0 Å². The predicted molar refractivity (Wildman–Crippen MR) is 91.4 cm³/mol. The van der Waals surface area contributed by atoms with Crippen molar-refractivity contribution in [2.24, 2.45) is 0 Å². The number of hydrogen-bond acceptors (Lipinski definition) is 4. The Kier molecular flexibility index (Phi) is 6.64. The van der Waals surface area contributed by atoms with Gasteiger partial charge < -0.3 is 20.1 Å². The third kappa shape index (κ3) is 5.64. The molecule has 0 fully saturated rings. The molecule has 0 unspecified atom stereocenters. The van der Waals surface area contributed by atoms with E-state index in [1.807, 2.05) is 30.3 Å². The molecule has 2 aromatic rings. The number of esters is 1. The van der Waals surface area contributed by atoms with E-state index in [1.54, 1.807) is 24.3 Å². The molecular formula is C18H20N2O4. The number of urea groups is 1. The standard InChI is InChI=1S/C18H20N2O4/c1-23-17(21)14-8-10-15(11-9-14)20-18(22)19-12-5-13-24-16-6-3-2-4-7-16/h2-4,6-11H,5,12-13H2,1H3,(H2,19,20,22). The van der Waals surface area contributed by atoms with Gasteiger partial charge in [0.15, 0.2) is 0 Å². The first-order valence-electron chi connectivity index (χ1n) is 7.60. The fourth-order valence-electron chi connectivity index (χ4n) is 1.96. The molecule has 2 amide bonds. The first-order valence-corrected chi connectivity index (χ1v) is 7.60. The third-order valence-electron chi connectivity index (χ3n) is 3.18. The molecule has 6 heteroatoms. The second-order valence-corrected chi connectivity index (χ2v) is 4.96. The van der Waals surface area contributed by atoms with Gasteiger partial charge in [-0.15, -0.1) is 0 Å². The minimum atomic E-state index is -0.413. The van der Waals surface area contributed by atoms with Crippen LogP contribution in [0.1, 0.15) is 16.8 Å². The summed E-state index contributed by atoms with van der Waals surface area (Å²) >= 11 is 0. The fraction of sp³-hybridized carbons (Fsp3) is 0.222. The maximum absolute atomic E-state index is 11.8. The summed E-state index contributed by atoms with van der Waals surface area (Å²) in [6.07, 6.45) is 0.698. The Hall–Kier alpha value is -3.02. The van der Waals surface area contributed by atoms with Crippen LogP contribution in [0.3, 0.4) is 0 Å². The average molecular weight is 328 g/mol. The number of nitrogens with one attached hydrogen (secondary N) is 2. The van der Waals surface area contributed by atoms with E-state index in [9.17, 15) is 9.59 Å². The molecule has 24 heavy (non-hydrogen) atoms. The summed E-state index contributed by atoms with van der Waals surface area (Å²) in [5, 5.41) is 5.44. The van der Waals surface area contributed by atoms with Crippen molar-refractivity contribution in [2.45, 2.75) is 6.42 Å². The van der Waals surface area contributed by atoms with Crippen LogP contribution in [0.15, 0.2) is 54.6 Å². The Bertz CT molecular complexity index is 656. The number of methoxy groups -OCH3 is 1. The summed E-state index contributed by atoms with van der Waals surface area (Å²) in [6.45, 7) is 1.02. The molecule has 0 heterocycles. The topological polar surface area (TPSA) is 76.7 Å². The summed E-state index contributed by atoms with van der Waals surface area (Å²) in [6, 6.07) is 15.7. The van der Waals surface area contributed by atoms with E-state index >= 15 is 0 Å². The molecule has 0 spiro atoms. The van der Waals surface area contributed by atoms with Gasteiger partial charge in [-0.05, 0) is 42.8 Å². The number of amides is 2. The number of ether oxygens (including phenoxy) is 2. The number of hydrogen-bond donors (Lipinski definition) is 2. The second kappa shape index (κ2) is 9.19. The summed E-state index contributed by atoms with van der Waals surface area (Å²) in [5.74, 6) is 0.400. The first-order chi connectivity index (χ1) is 11.7. The lowest BCUT2D eigenvalue weighted by atomic mass is 10.2. The van der Waals surface area contributed by atoms with E-state index in [4.69, 9.17) is 4.74 Å². The molecule has 126 valence electrons. The SMILES string of the molecule is COC(=O)c1ccc(NC(=O)NCCCOc2ccccc2)cc1. The molecule has 0 aliphatic rings. The molecule has 0 aliphatic heterocycles. The van der Waals surface area contributed by atoms with Crippen LogP contribution < -0.4 is 15.4 Å². The number of rotatable bonds is 7. The molecule has 2 rings (SSSR count). The molecule has 0 saturated carbocycles. The highest BCUT2D eigenvalue weighted by Gasteiger charge is 2.05. The van der Waals surface area contributed by atoms with Gasteiger partial charge in [0, 0.05) is 12.2 Å². The van der Waals surface area contributed by atoms with E-state index in [-0.39, 0.29) is 6.03 Å². The molecule has 0 radical (unpaired) electrons. The smallest absolute Gasteiger partial charge is 0.337 e. The zero-order valence-electron chi connectivity index (χ0n) is 13.5. The lowest BCUT2D eigenvalue weighted by Gasteiger charge is -2.09. The Morgan fingerprint density at radius 2 is 1.71 bits per heavy atom. The van der Waals surface area contributed by atoms with Gasteiger partial charge in [-0.25, -0.2) is 9.59 Å². The zero-order valence-corrected chi connectivity index (χ0v) is 13.5. The molecule has 0 aliphatic carbocycles. The van der Waals surface area contributed by atoms with Crippen LogP contribution >= 0.6 is 0 Å². The normalized spacial score (nSPS) is 9.88. The van der Waals surface area contributed by atoms with E-state index in [2.05, 4.69) is 15.4 Å². The molecule has 6 nitrogen and oxygen atoms in total. The van der Waals surface area contributed by atoms with Crippen molar-refractivity contribution in [1.29, 1.82) is 0 Å². The van der Waals surface area contributed by atoms with Crippen LogP contribution in [0.25, 0.3) is 0 Å². The summed E-state index contributed by atoms with van der Waals surface area (Å²) in [5.41, 5.74) is 1.03. The monoisotopic (exact) mass is 328 g/mol. The van der Waals surface area contributed by atoms with Crippen molar-refractivity contribution < 1.29 is 19.1 Å². The van der Waals surface area contributed by atoms with Crippen molar-refractivity contribution in [3.63, 3.8) is 0 Å². The Morgan fingerprint density at radius 1 is 1.00 bits per heavy atom. The Labute approximate surface area is 140 Å². The molecule has 2 N–H and O–H groups in total. The highest BCUT2D eigenvalue weighted by atomic mass is 16.5. The van der Waals surface area contributed by atoms with Crippen LogP contribution in [-0.2, 0) is 4.74 Å². The van der Waals surface area contributed by atoms with Crippen LogP contribution in [0, 0.1) is 0 Å². The number of carbonyl (C=O) groups is 2. The van der Waals surface area contributed by atoms with Gasteiger partial charge in [0.1, 0.15) is 5.75 Å². The van der Waals surface area contributed by atoms with Crippen LogP contribution in [-0.4, -0.2) is 32.3 Å². The maximum atomic E-state index is 11.8. The summed E-state index contributed by atoms with van der Waals surface area (Å²) in [4.78, 5) is 23.1. The van der Waals surface area contributed by atoms with Crippen LogP contribution in [0.2, 0.25) is 0 Å². The lowest BCUT2D eigenvalue weighted by Crippen LogP contribution is -2.30. The van der Waals surface area contributed by atoms with E-state index in [0.717, 1.165) is 5.75 Å². The second-order valence-electron chi connectivity index (χ2n) is 4.96. The highest BCUT2D eigenvalue weighted by molar-refractivity contribution is 5.92. The average Bonchev–Trinajstić information content (AvgIpc) is 2.62. The van der Waals surface area contributed by atoms with E-state index in [1.165, 1.54) is 7.11 Å². The van der Waals surface area contributed by atoms with Gasteiger partial charge in [0.25, 0.3) is 0 Å². The minimum absolute atomic E-state index is 0.305. The summed E-state index contributed by atoms with van der Waals surface area (Å²) in [7, 11) is 1.32. The Morgan fingerprint density at radius 3 is 2.38 bits per heavy atom. The Balaban J connectivity index is 1.65. The number of para-hydroxylation sites is 1. The molecule has 0 aromatic heterocycles. The van der Waals surface area contributed by atoms with Crippen molar-refractivity contribution >= 4 is 17.7 Å². The molecular weight excluding hydrogens is 308 g/mol. The fourth-order valence-corrected chi connectivity index (χ4v) is 1.96. The zero-order chi connectivity index (χ0) is 17.2. The van der Waals surface area contributed by atoms with Crippen molar-refractivity contribution in [1.82, 2.24) is 5.32 Å². The maximum Gasteiger partial charge on any atom is 0.337 e. The quantitative estimate of drug-likeness (QED) is 0.605. The van der Waals surface area contributed by atoms with Gasteiger partial charge in [-0.3, -0.25) is 0 Å². The lowest BCUT2D eigenvalue weighted by molar-refractivity contribution is 0.0600. The third-order valence-corrected chi connectivity index (χ3v) is 3.18. The van der Waals surface area contributed by atoms with Crippen LogP contribution in [0.4, 0.5) is 10.5 Å². The van der Waals surface area contributed by atoms with E-state index < -0.39 is 5.97 Å². The molecule has 0 atom stereocenters. The number of benzene rings is 2. The largest absolute Gasteiger partial charge is 0.494 e. The number of carbonyl (C=O) groups excluding carboxylic acids is 2. The first kappa shape index (κ1) is 17.3. The number of anilines is 1. The summed E-state index contributed by atoms with van der Waals surface area (Å²) < 4.78 is 10.2. The highest BCUT2D eigenvalue weighted by Crippen LogP contribution is 2.10. The van der Waals surface area contributed by atoms with Crippen molar-refractivity contribution in [3.05, 3.63) is 60.2 Å². The minimum Gasteiger partial charge on any atom is -0.494 e. The van der Waals surface area contributed by atoms with Gasteiger partial charge in [0.2, 0.25) is 0 Å². The van der Waals surface area contributed by atoms with Crippen molar-refractivity contribution in [2.75, 3.05) is 25.6 Å². The van der Waals surface area contributed by atoms with Gasteiger partial charge >= 0.3 is 12.0 Å². The van der Waals surface area contributed by atoms with Gasteiger partial charge in [0.05, 0.1) is 19.3 Å². The molecule has 0 saturated heterocycles. The predicted octanol–water partition coefficient (Wildman–Crippen LogP) is 3.06. The van der Waals surface area contributed by atoms with E-state index in [0.29, 0.717) is 30.8 Å². The van der Waals surface area contributed by atoms with Crippen LogP contribution in [0.5, 0.6) is 5.75 Å². The molecule has 0 bridgehead atoms. The van der Waals surface area contributed by atoms with Gasteiger partial charge in [-0.1, -0.05) is 18.2 Å². The van der Waals surface area contributed by atoms with Crippen molar-refractivity contribution in [3.8, 4) is 5.75 Å².